The molecule has 2 aliphatic heterocycles. The molecule has 3 rings (SSSR count). The molecule has 0 spiro atoms. The van der Waals surface area contributed by atoms with Crippen molar-refractivity contribution >= 4 is 22.4 Å². The third-order valence-electron chi connectivity index (χ3n) is 5.80. The molecule has 2 aliphatic rings. The van der Waals surface area contributed by atoms with Crippen molar-refractivity contribution in [1.82, 2.24) is 9.21 Å². The third kappa shape index (κ3) is 4.57. The van der Waals surface area contributed by atoms with Crippen molar-refractivity contribution in [2.75, 3.05) is 32.8 Å². The molecule has 0 aromatic heterocycles. The Labute approximate surface area is 168 Å². The molecule has 7 heteroatoms. The number of likely N-dealkylation sites (tertiary alicyclic amines) is 1. The van der Waals surface area contributed by atoms with Gasteiger partial charge in [0.15, 0.2) is 0 Å². The van der Waals surface area contributed by atoms with Gasteiger partial charge < -0.3 is 9.64 Å². The highest BCUT2D eigenvalue weighted by Gasteiger charge is 2.34. The minimum absolute atomic E-state index is 0.0127. The van der Waals surface area contributed by atoms with E-state index in [1.165, 1.54) is 18.9 Å². The Balaban J connectivity index is 1.73. The van der Waals surface area contributed by atoms with Crippen molar-refractivity contribution in [2.45, 2.75) is 43.5 Å². The highest BCUT2D eigenvalue weighted by Crippen LogP contribution is 2.33. The lowest BCUT2D eigenvalue weighted by molar-refractivity contribution is 0.101. The molecular formula is C21H29N3O3S. The summed E-state index contributed by atoms with van der Waals surface area (Å²) in [6.07, 6.45) is 9.43. The van der Waals surface area contributed by atoms with Gasteiger partial charge in [-0.2, -0.15) is 4.31 Å². The molecule has 0 atom stereocenters. The van der Waals surface area contributed by atoms with Gasteiger partial charge in [-0.25, -0.2) is 8.42 Å². The number of hydrogen-bond donors (Lipinski definition) is 0. The molecule has 28 heavy (non-hydrogen) atoms. The maximum absolute atomic E-state index is 13.3. The molecule has 152 valence electrons. The van der Waals surface area contributed by atoms with Gasteiger partial charge in [0.05, 0.1) is 5.69 Å². The number of terminal acetylenes is 1. The Bertz CT molecular complexity index is 831. The molecule has 2 heterocycles. The van der Waals surface area contributed by atoms with E-state index in [9.17, 15) is 8.42 Å². The number of hydrogen-bond acceptors (Lipinski definition) is 5. The van der Waals surface area contributed by atoms with E-state index in [0.717, 1.165) is 31.8 Å². The Morgan fingerprint density at radius 3 is 2.50 bits per heavy atom. The van der Waals surface area contributed by atoms with Gasteiger partial charge in [-0.3, -0.25) is 4.99 Å². The van der Waals surface area contributed by atoms with Crippen molar-refractivity contribution in [3.8, 4) is 18.1 Å². The van der Waals surface area contributed by atoms with Gasteiger partial charge >= 0.3 is 0 Å². The van der Waals surface area contributed by atoms with Crippen molar-refractivity contribution in [1.29, 1.82) is 0 Å². The van der Waals surface area contributed by atoms with Gasteiger partial charge in [0, 0.05) is 19.1 Å². The Hall–Kier alpha value is -1.88. The van der Waals surface area contributed by atoms with Gasteiger partial charge in [0.2, 0.25) is 10.0 Å². The average Bonchev–Trinajstić information content (AvgIpc) is 2.72. The molecule has 2 saturated heterocycles. The van der Waals surface area contributed by atoms with E-state index in [-0.39, 0.29) is 17.3 Å². The quantitative estimate of drug-likeness (QED) is 0.541. The van der Waals surface area contributed by atoms with Crippen LogP contribution in [-0.4, -0.2) is 63.2 Å². The summed E-state index contributed by atoms with van der Waals surface area (Å²) in [5, 5.41) is 0. The van der Waals surface area contributed by atoms with Crippen LogP contribution in [0, 0.1) is 18.3 Å². The second kappa shape index (κ2) is 9.08. The smallest absolute Gasteiger partial charge is 0.246 e. The van der Waals surface area contributed by atoms with Crippen LogP contribution in [0.2, 0.25) is 0 Å². The van der Waals surface area contributed by atoms with E-state index in [1.807, 2.05) is 0 Å². The molecule has 6 nitrogen and oxygen atoms in total. The van der Waals surface area contributed by atoms with Crippen LogP contribution in [0.4, 0.5) is 5.69 Å². The first-order valence-corrected chi connectivity index (χ1v) is 11.3. The third-order valence-corrected chi connectivity index (χ3v) is 7.72. The maximum Gasteiger partial charge on any atom is 0.246 e. The first-order chi connectivity index (χ1) is 13.5. The molecule has 1 aromatic carbocycles. The van der Waals surface area contributed by atoms with Gasteiger partial charge in [0.1, 0.15) is 17.3 Å². The zero-order valence-corrected chi connectivity index (χ0v) is 17.3. The molecule has 0 radical (unpaired) electrons. The molecule has 0 bridgehead atoms. The average molecular weight is 404 g/mol. The van der Waals surface area contributed by atoms with Crippen LogP contribution in [0.25, 0.3) is 0 Å². The second-order valence-electron chi connectivity index (χ2n) is 7.64. The lowest BCUT2D eigenvalue weighted by Crippen LogP contribution is -2.48. The van der Waals surface area contributed by atoms with E-state index in [1.54, 1.807) is 16.4 Å². The van der Waals surface area contributed by atoms with Gasteiger partial charge in [-0.1, -0.05) is 12.8 Å². The monoisotopic (exact) mass is 403 g/mol. The molecule has 0 saturated carbocycles. The summed E-state index contributed by atoms with van der Waals surface area (Å²) >= 11 is 0. The molecular weight excluding hydrogens is 374 g/mol. The van der Waals surface area contributed by atoms with Crippen LogP contribution >= 0.6 is 0 Å². The summed E-state index contributed by atoms with van der Waals surface area (Å²) in [5.41, 5.74) is 0.490. The van der Waals surface area contributed by atoms with Crippen molar-refractivity contribution in [2.24, 2.45) is 10.9 Å². The zero-order valence-electron chi connectivity index (χ0n) is 16.5. The van der Waals surface area contributed by atoms with Gasteiger partial charge in [0.25, 0.3) is 0 Å². The molecule has 0 amide bonds. The summed E-state index contributed by atoms with van der Waals surface area (Å²) in [6.45, 7) is 9.07. The molecule has 0 unspecified atom stereocenters. The van der Waals surface area contributed by atoms with Crippen LogP contribution in [0.5, 0.6) is 5.75 Å². The summed E-state index contributed by atoms with van der Waals surface area (Å²) in [5.74, 6) is 3.43. The topological polar surface area (TPSA) is 62.2 Å². The van der Waals surface area contributed by atoms with Gasteiger partial charge in [-0.05, 0) is 69.6 Å². The number of sulfonamides is 1. The summed E-state index contributed by atoms with van der Waals surface area (Å²) in [4.78, 5) is 6.50. The zero-order chi connectivity index (χ0) is 20.1. The maximum atomic E-state index is 13.3. The fourth-order valence-corrected chi connectivity index (χ4v) is 5.64. The van der Waals surface area contributed by atoms with E-state index in [4.69, 9.17) is 11.2 Å². The molecule has 0 N–H and O–H groups in total. The number of aliphatic imine (C=N–C) groups is 1. The first kappa shape index (κ1) is 20.8. The summed E-state index contributed by atoms with van der Waals surface area (Å²) < 4.78 is 33.6. The SMILES string of the molecule is C#CCOc1ccc(N=C)cc1S(=O)(=O)N1CCC(N2CCC(C)CC2)CC1. The number of benzene rings is 1. The highest BCUT2D eigenvalue weighted by atomic mass is 32.2. The summed E-state index contributed by atoms with van der Waals surface area (Å²) in [7, 11) is -3.69. The largest absolute Gasteiger partial charge is 0.480 e. The molecule has 1 aromatic rings. The van der Waals surface area contributed by atoms with Crippen molar-refractivity contribution in [3.05, 3.63) is 18.2 Å². The second-order valence-corrected chi connectivity index (χ2v) is 9.54. The van der Waals surface area contributed by atoms with E-state index < -0.39 is 10.0 Å². The standard InChI is InChI=1S/C21H29N3O3S/c1-4-15-27-20-6-5-18(22-3)16-21(20)28(25,26)24-13-9-19(10-14-24)23-11-7-17(2)8-12-23/h1,5-6,16-17,19H,3,7-15H2,2H3. The Morgan fingerprint density at radius 2 is 1.89 bits per heavy atom. The summed E-state index contributed by atoms with van der Waals surface area (Å²) in [6, 6.07) is 5.24. The van der Waals surface area contributed by atoms with Crippen LogP contribution in [0.15, 0.2) is 28.1 Å². The first-order valence-electron chi connectivity index (χ1n) is 9.87. The van der Waals surface area contributed by atoms with Crippen LogP contribution in [-0.2, 0) is 10.0 Å². The number of ether oxygens (including phenoxy) is 1. The highest BCUT2D eigenvalue weighted by molar-refractivity contribution is 7.89. The molecule has 0 aliphatic carbocycles. The van der Waals surface area contributed by atoms with Crippen LogP contribution < -0.4 is 4.74 Å². The minimum Gasteiger partial charge on any atom is -0.480 e. The fraction of sp³-hybridized carbons (Fsp3) is 0.571. The number of piperidine rings is 2. The van der Waals surface area contributed by atoms with Crippen molar-refractivity contribution in [3.63, 3.8) is 0 Å². The number of nitrogens with zero attached hydrogens (tertiary/aromatic N) is 3. The predicted molar refractivity (Wildman–Crippen MR) is 112 cm³/mol. The predicted octanol–water partition coefficient (Wildman–Crippen LogP) is 2.92. The van der Waals surface area contributed by atoms with Gasteiger partial charge in [-0.15, -0.1) is 6.42 Å². The number of rotatable bonds is 6. The van der Waals surface area contributed by atoms with E-state index >= 15 is 0 Å². The lowest BCUT2D eigenvalue weighted by atomic mass is 9.95. The fourth-order valence-electron chi connectivity index (χ4n) is 4.02. The van der Waals surface area contributed by atoms with E-state index in [0.29, 0.717) is 24.8 Å². The Morgan fingerprint density at radius 1 is 1.21 bits per heavy atom. The van der Waals surface area contributed by atoms with Crippen LogP contribution in [0.1, 0.15) is 32.6 Å². The van der Waals surface area contributed by atoms with Crippen LogP contribution in [0.3, 0.4) is 0 Å². The van der Waals surface area contributed by atoms with Crippen molar-refractivity contribution < 1.29 is 13.2 Å². The molecule has 2 fully saturated rings. The lowest BCUT2D eigenvalue weighted by Gasteiger charge is -2.41. The minimum atomic E-state index is -3.69. The Kier molecular flexibility index (Phi) is 6.76. The normalized spacial score (nSPS) is 20.6. The van der Waals surface area contributed by atoms with E-state index in [2.05, 4.69) is 29.5 Å².